The number of amides is 4. The lowest BCUT2D eigenvalue weighted by Crippen LogP contribution is -2.44. The molecule has 1 aliphatic rings. The van der Waals surface area contributed by atoms with E-state index < -0.39 is 35.7 Å². The van der Waals surface area contributed by atoms with Crippen LogP contribution in [0, 0.1) is 12.7 Å². The minimum atomic E-state index is -1.32. The van der Waals surface area contributed by atoms with Crippen molar-refractivity contribution in [2.24, 2.45) is 0 Å². The Hall–Kier alpha value is -2.26. The van der Waals surface area contributed by atoms with Crippen LogP contribution in [0.4, 0.5) is 14.9 Å². The van der Waals surface area contributed by atoms with Gasteiger partial charge in [-0.2, -0.15) is 0 Å². The summed E-state index contributed by atoms with van der Waals surface area (Å²) in [7, 11) is 0. The van der Waals surface area contributed by atoms with E-state index in [-0.39, 0.29) is 6.42 Å². The average Bonchev–Trinajstić information content (AvgIpc) is 2.90. The second kappa shape index (κ2) is 8.23. The highest BCUT2D eigenvalue weighted by Crippen LogP contribution is 2.34. The van der Waals surface area contributed by atoms with Gasteiger partial charge < -0.3 is 10.6 Å². The number of aryl methyl sites for hydroxylation is 1. The lowest BCUT2D eigenvalue weighted by atomic mass is 9.87. The molecule has 3 rings (SSSR count). The molecular formula is C20H18Br2FN3O3. The van der Waals surface area contributed by atoms with Crippen LogP contribution < -0.4 is 10.6 Å². The van der Waals surface area contributed by atoms with Crippen molar-refractivity contribution in [2.75, 3.05) is 11.9 Å². The van der Waals surface area contributed by atoms with Crippen LogP contribution in [0.3, 0.4) is 0 Å². The molecule has 6 nitrogen and oxygen atoms in total. The number of benzene rings is 2. The van der Waals surface area contributed by atoms with E-state index in [1.54, 1.807) is 6.92 Å². The number of anilines is 1. The highest BCUT2D eigenvalue weighted by atomic mass is 79.9. The second-order valence-corrected chi connectivity index (χ2v) is 8.45. The zero-order valence-electron chi connectivity index (χ0n) is 15.7. The first kappa shape index (κ1) is 21.4. The first-order valence-electron chi connectivity index (χ1n) is 8.83. The number of nitrogens with one attached hydrogen (secondary N) is 2. The standard InChI is InChI=1S/C20H18Br2FN3O3/c1-3-20(12-4-6-13(23)7-5-12)18(28)26(19(29)25-20)10-16(27)24-17-14(21)8-11(2)9-15(17)22/h4-9H,3,10H2,1-2H3,(H,24,27)(H,25,29)/t20-/m0/s1. The third-order valence-electron chi connectivity index (χ3n) is 4.80. The molecule has 0 aliphatic carbocycles. The molecule has 29 heavy (non-hydrogen) atoms. The van der Waals surface area contributed by atoms with Crippen LogP contribution in [0.5, 0.6) is 0 Å². The molecule has 1 aliphatic heterocycles. The maximum atomic E-state index is 13.3. The minimum Gasteiger partial charge on any atom is -0.323 e. The molecule has 0 spiro atoms. The normalized spacial score (nSPS) is 18.7. The fourth-order valence-corrected chi connectivity index (χ4v) is 4.90. The molecule has 0 unspecified atom stereocenters. The van der Waals surface area contributed by atoms with Crippen molar-refractivity contribution in [1.29, 1.82) is 0 Å². The Morgan fingerprint density at radius 1 is 1.17 bits per heavy atom. The number of urea groups is 1. The van der Waals surface area contributed by atoms with Gasteiger partial charge in [-0.1, -0.05) is 19.1 Å². The number of halogens is 3. The largest absolute Gasteiger partial charge is 0.325 e. The summed E-state index contributed by atoms with van der Waals surface area (Å²) in [4.78, 5) is 39.0. The molecule has 0 saturated carbocycles. The van der Waals surface area contributed by atoms with Crippen LogP contribution in [0.2, 0.25) is 0 Å². The summed E-state index contributed by atoms with van der Waals surface area (Å²) in [6.45, 7) is 3.21. The zero-order chi connectivity index (χ0) is 21.3. The van der Waals surface area contributed by atoms with E-state index >= 15 is 0 Å². The van der Waals surface area contributed by atoms with Crippen LogP contribution in [-0.4, -0.2) is 29.3 Å². The Balaban J connectivity index is 1.81. The predicted molar refractivity (Wildman–Crippen MR) is 114 cm³/mol. The van der Waals surface area contributed by atoms with E-state index in [1.165, 1.54) is 24.3 Å². The van der Waals surface area contributed by atoms with Crippen LogP contribution >= 0.6 is 31.9 Å². The molecular weight excluding hydrogens is 509 g/mol. The molecule has 1 fully saturated rings. The molecule has 152 valence electrons. The van der Waals surface area contributed by atoms with Gasteiger partial charge in [0.05, 0.1) is 5.69 Å². The van der Waals surface area contributed by atoms with Crippen molar-refractivity contribution in [3.8, 4) is 0 Å². The van der Waals surface area contributed by atoms with Crippen molar-refractivity contribution < 1.29 is 18.8 Å². The highest BCUT2D eigenvalue weighted by molar-refractivity contribution is 9.11. The Labute approximate surface area is 184 Å². The number of hydrogen-bond donors (Lipinski definition) is 2. The first-order chi connectivity index (χ1) is 13.7. The van der Waals surface area contributed by atoms with Gasteiger partial charge in [0.1, 0.15) is 17.9 Å². The van der Waals surface area contributed by atoms with E-state index in [9.17, 15) is 18.8 Å². The fourth-order valence-electron chi connectivity index (χ4n) is 3.29. The molecule has 0 bridgehead atoms. The summed E-state index contributed by atoms with van der Waals surface area (Å²) in [6.07, 6.45) is 0.260. The third-order valence-corrected chi connectivity index (χ3v) is 6.05. The molecule has 1 heterocycles. The summed E-state index contributed by atoms with van der Waals surface area (Å²) >= 11 is 6.79. The van der Waals surface area contributed by atoms with Gasteiger partial charge in [-0.05, 0) is 80.6 Å². The van der Waals surface area contributed by atoms with Crippen molar-refractivity contribution in [3.63, 3.8) is 0 Å². The van der Waals surface area contributed by atoms with Crippen LogP contribution in [0.15, 0.2) is 45.3 Å². The van der Waals surface area contributed by atoms with Crippen molar-refractivity contribution >= 4 is 55.4 Å². The number of carbonyl (C=O) groups excluding carboxylic acids is 3. The SMILES string of the molecule is CC[C@@]1(c2ccc(F)cc2)NC(=O)N(CC(=O)Nc2c(Br)cc(C)cc2Br)C1=O. The molecule has 0 aromatic heterocycles. The Morgan fingerprint density at radius 2 is 1.76 bits per heavy atom. The summed E-state index contributed by atoms with van der Waals surface area (Å²) < 4.78 is 14.6. The van der Waals surface area contributed by atoms with Gasteiger partial charge in [0.25, 0.3) is 5.91 Å². The molecule has 2 aromatic rings. The summed E-state index contributed by atoms with van der Waals surface area (Å²) in [5.41, 5.74) is 0.637. The average molecular weight is 527 g/mol. The van der Waals surface area contributed by atoms with E-state index in [0.717, 1.165) is 10.5 Å². The van der Waals surface area contributed by atoms with Crippen LogP contribution in [0.25, 0.3) is 0 Å². The third kappa shape index (κ3) is 4.06. The fraction of sp³-hybridized carbons (Fsp3) is 0.250. The van der Waals surface area contributed by atoms with Crippen LogP contribution in [0.1, 0.15) is 24.5 Å². The topological polar surface area (TPSA) is 78.5 Å². The number of rotatable bonds is 5. The summed E-state index contributed by atoms with van der Waals surface area (Å²) in [5, 5.41) is 5.38. The molecule has 9 heteroatoms. The highest BCUT2D eigenvalue weighted by Gasteiger charge is 2.51. The number of carbonyl (C=O) groups is 3. The monoisotopic (exact) mass is 525 g/mol. The minimum absolute atomic E-state index is 0.260. The van der Waals surface area contributed by atoms with Gasteiger partial charge in [-0.25, -0.2) is 9.18 Å². The molecule has 4 amide bonds. The van der Waals surface area contributed by atoms with E-state index in [0.29, 0.717) is 20.2 Å². The smallest absolute Gasteiger partial charge is 0.323 e. The van der Waals surface area contributed by atoms with E-state index in [2.05, 4.69) is 42.5 Å². The van der Waals surface area contributed by atoms with Gasteiger partial charge in [0.15, 0.2) is 0 Å². The lowest BCUT2D eigenvalue weighted by molar-refractivity contribution is -0.134. The van der Waals surface area contributed by atoms with Gasteiger partial charge in [0, 0.05) is 8.95 Å². The molecule has 2 aromatic carbocycles. The Kier molecular flexibility index (Phi) is 6.09. The number of hydrogen-bond acceptors (Lipinski definition) is 3. The van der Waals surface area contributed by atoms with Gasteiger partial charge >= 0.3 is 6.03 Å². The zero-order valence-corrected chi connectivity index (χ0v) is 18.9. The molecule has 2 N–H and O–H groups in total. The Bertz CT molecular complexity index is 974. The molecule has 1 saturated heterocycles. The Morgan fingerprint density at radius 3 is 2.31 bits per heavy atom. The maximum absolute atomic E-state index is 13.3. The van der Waals surface area contributed by atoms with Crippen molar-refractivity contribution in [2.45, 2.75) is 25.8 Å². The van der Waals surface area contributed by atoms with Crippen LogP contribution in [-0.2, 0) is 15.1 Å². The van der Waals surface area contributed by atoms with E-state index in [1.807, 2.05) is 19.1 Å². The second-order valence-electron chi connectivity index (χ2n) is 6.74. The number of imide groups is 1. The van der Waals surface area contributed by atoms with Crippen molar-refractivity contribution in [1.82, 2.24) is 10.2 Å². The predicted octanol–water partition coefficient (Wildman–Crippen LogP) is 4.45. The van der Waals surface area contributed by atoms with Crippen molar-refractivity contribution in [3.05, 3.63) is 62.3 Å². The quantitative estimate of drug-likeness (QED) is 0.565. The van der Waals surface area contributed by atoms with Gasteiger partial charge in [-0.15, -0.1) is 0 Å². The molecule has 1 atom stereocenters. The van der Waals surface area contributed by atoms with Gasteiger partial charge in [0.2, 0.25) is 5.91 Å². The maximum Gasteiger partial charge on any atom is 0.325 e. The first-order valence-corrected chi connectivity index (χ1v) is 10.4. The lowest BCUT2D eigenvalue weighted by Gasteiger charge is -2.25. The van der Waals surface area contributed by atoms with Gasteiger partial charge in [-0.3, -0.25) is 14.5 Å². The summed E-state index contributed by atoms with van der Waals surface area (Å²) in [6, 6.07) is 8.39. The number of nitrogens with zero attached hydrogens (tertiary/aromatic N) is 1. The van der Waals surface area contributed by atoms with E-state index in [4.69, 9.17) is 0 Å². The molecule has 0 radical (unpaired) electrons. The summed E-state index contributed by atoms with van der Waals surface area (Å²) in [5.74, 6) is -1.51.